The van der Waals surface area contributed by atoms with Gasteiger partial charge in [0.15, 0.2) is 0 Å². The van der Waals surface area contributed by atoms with Gasteiger partial charge >= 0.3 is 0 Å². The van der Waals surface area contributed by atoms with Crippen LogP contribution in [0.25, 0.3) is 0 Å². The van der Waals surface area contributed by atoms with Crippen molar-refractivity contribution < 1.29 is 0 Å². The van der Waals surface area contributed by atoms with E-state index < -0.39 is 0 Å². The zero-order valence-electron chi connectivity index (χ0n) is 9.93. The minimum atomic E-state index is 0. The predicted octanol–water partition coefficient (Wildman–Crippen LogP) is 0.964. The van der Waals surface area contributed by atoms with E-state index in [0.29, 0.717) is 0 Å². The summed E-state index contributed by atoms with van der Waals surface area (Å²) in [4.78, 5) is 0. The van der Waals surface area contributed by atoms with E-state index in [1.54, 1.807) is 0 Å². The Labute approximate surface area is 181 Å². The van der Waals surface area contributed by atoms with Gasteiger partial charge in [0, 0.05) is 0 Å². The lowest BCUT2D eigenvalue weighted by Crippen LogP contribution is -1.69. The van der Waals surface area contributed by atoms with E-state index in [1.807, 2.05) is 0 Å². The molecule has 0 fully saturated rings. The van der Waals surface area contributed by atoms with Gasteiger partial charge in [-0.1, -0.05) is 0 Å². The molecule has 0 spiro atoms. The van der Waals surface area contributed by atoms with Gasteiger partial charge in [-0.2, -0.15) is 0 Å². The molecular weight excluding hydrogens is 765 g/mol. The number of hydrogen-bond donors (Lipinski definition) is 5. The van der Waals surface area contributed by atoms with Crippen LogP contribution in [0.2, 0.25) is 0 Å². The first-order chi connectivity index (χ1) is 5.00. The summed E-state index contributed by atoms with van der Waals surface area (Å²) < 4.78 is 0. The van der Waals surface area contributed by atoms with E-state index in [-0.39, 0.29) is 120 Å². The Morgan fingerprint density at radius 3 is 0.267 bits per heavy atom. The van der Waals surface area contributed by atoms with E-state index in [2.05, 4.69) is 28.7 Å². The van der Waals surface area contributed by atoms with Crippen LogP contribution < -0.4 is 28.7 Å². The molecule has 0 unspecified atom stereocenters. The molecule has 0 aliphatic heterocycles. The smallest absolute Gasteiger partial charge is 0.0195 e. The highest BCUT2D eigenvalue weighted by molar-refractivity contribution is 14.0. The van der Waals surface area contributed by atoms with E-state index in [1.165, 1.54) is 35.2 Å². The summed E-state index contributed by atoms with van der Waals surface area (Å²) >= 11 is 0. The molecule has 0 atom stereocenters. The minimum absolute atomic E-state index is 0. The zero-order valence-corrected chi connectivity index (χ0v) is 21.6. The van der Waals surface area contributed by atoms with Crippen molar-refractivity contribution in [2.75, 3.05) is 35.2 Å². The second-order valence-corrected chi connectivity index (χ2v) is 0. The minimum Gasteiger partial charge on any atom is -0.333 e. The SMILES string of the molecule is CN.CN.CN.CN.CN.I.I.I.I.I. The molecule has 10 heteroatoms. The summed E-state index contributed by atoms with van der Waals surface area (Å²) in [5, 5.41) is 0. The second-order valence-electron chi connectivity index (χ2n) is 0. The summed E-state index contributed by atoms with van der Waals surface area (Å²) in [5.41, 5.74) is 22.5. The maximum atomic E-state index is 4.50. The Balaban J connectivity index is -0.00000000240. The summed E-state index contributed by atoms with van der Waals surface area (Å²) in [6, 6.07) is 0. The normalized spacial score (nSPS) is 2.00. The number of halogens is 5. The van der Waals surface area contributed by atoms with E-state index in [9.17, 15) is 0 Å². The summed E-state index contributed by atoms with van der Waals surface area (Å²) in [5.74, 6) is 0. The number of nitrogens with two attached hydrogens (primary N) is 5. The molecule has 10 N–H and O–H groups in total. The van der Waals surface area contributed by atoms with Gasteiger partial charge in [0.2, 0.25) is 0 Å². The third-order valence-electron chi connectivity index (χ3n) is 0. The highest BCUT2D eigenvalue weighted by Crippen LogP contribution is 0.890. The lowest BCUT2D eigenvalue weighted by atomic mass is 11.6. The fourth-order valence-electron chi connectivity index (χ4n) is 0. The molecule has 0 aliphatic carbocycles. The van der Waals surface area contributed by atoms with Crippen molar-refractivity contribution in [3.63, 3.8) is 0 Å². The Hall–Kier alpha value is 3.45. The average molecular weight is 795 g/mol. The fraction of sp³-hybridized carbons (Fsp3) is 1.00. The highest BCUT2D eigenvalue weighted by Gasteiger charge is 0.844. The Kier molecular flexibility index (Phi) is 2080. The van der Waals surface area contributed by atoms with Crippen LogP contribution in [0.5, 0.6) is 0 Å². The van der Waals surface area contributed by atoms with E-state index in [4.69, 9.17) is 0 Å². The molecule has 0 bridgehead atoms. The lowest BCUT2D eigenvalue weighted by Gasteiger charge is -1.19. The van der Waals surface area contributed by atoms with Gasteiger partial charge in [-0.05, 0) is 35.2 Å². The molecule has 0 heterocycles. The molecule has 0 rings (SSSR count). The molecule has 0 aliphatic rings. The van der Waals surface area contributed by atoms with Crippen LogP contribution >= 0.6 is 120 Å². The second kappa shape index (κ2) is 397. The molecule has 0 amide bonds. The van der Waals surface area contributed by atoms with E-state index >= 15 is 0 Å². The van der Waals surface area contributed by atoms with Gasteiger partial charge in [-0.25, -0.2) is 0 Å². The third kappa shape index (κ3) is 350. The Morgan fingerprint density at radius 1 is 0.267 bits per heavy atom. The van der Waals surface area contributed by atoms with Crippen LogP contribution in [0.3, 0.4) is 0 Å². The van der Waals surface area contributed by atoms with Crippen LogP contribution in [0, 0.1) is 0 Å². The monoisotopic (exact) mass is 795 g/mol. The van der Waals surface area contributed by atoms with Crippen molar-refractivity contribution in [3.05, 3.63) is 0 Å². The summed E-state index contributed by atoms with van der Waals surface area (Å²) in [7, 11) is 7.50. The van der Waals surface area contributed by atoms with Crippen molar-refractivity contribution in [1.82, 2.24) is 0 Å². The molecule has 5 nitrogen and oxygen atoms in total. The van der Waals surface area contributed by atoms with Crippen molar-refractivity contribution in [2.45, 2.75) is 0 Å². The van der Waals surface area contributed by atoms with Crippen molar-refractivity contribution in [3.8, 4) is 0 Å². The average Bonchev–Trinajstić information content (AvgIpc) is 2.20. The van der Waals surface area contributed by atoms with Crippen LogP contribution in [-0.4, -0.2) is 35.2 Å². The Bertz CT molecular complexity index is 23.8. The molecule has 0 aromatic heterocycles. The molecule has 0 aromatic carbocycles. The third-order valence-corrected chi connectivity index (χ3v) is 0. The fourth-order valence-corrected chi connectivity index (χ4v) is 0. The van der Waals surface area contributed by atoms with Gasteiger partial charge in [-0.15, -0.1) is 120 Å². The first kappa shape index (κ1) is 78.7. The molecule has 0 saturated heterocycles. The molecule has 15 heavy (non-hydrogen) atoms. The highest BCUT2D eigenvalue weighted by atomic mass is 127. The van der Waals surface area contributed by atoms with Gasteiger partial charge < -0.3 is 28.7 Å². The zero-order chi connectivity index (χ0) is 10.0. The van der Waals surface area contributed by atoms with Gasteiger partial charge in [-0.3, -0.25) is 0 Å². The van der Waals surface area contributed by atoms with Crippen LogP contribution in [0.1, 0.15) is 0 Å². The lowest BCUT2D eigenvalue weighted by molar-refractivity contribution is 1.48. The van der Waals surface area contributed by atoms with Gasteiger partial charge in [0.05, 0.1) is 0 Å². The maximum Gasteiger partial charge on any atom is -0.0195 e. The summed E-state index contributed by atoms with van der Waals surface area (Å²) in [6.45, 7) is 0. The van der Waals surface area contributed by atoms with Crippen LogP contribution in [0.15, 0.2) is 0 Å². The first-order valence-corrected chi connectivity index (χ1v) is 2.89. The number of rotatable bonds is 0. The van der Waals surface area contributed by atoms with E-state index in [0.717, 1.165) is 0 Å². The first-order valence-electron chi connectivity index (χ1n) is 2.89. The molecular formula is C5H30I5N5. The topological polar surface area (TPSA) is 130 Å². The largest absolute Gasteiger partial charge is 0.333 e. The quantitative estimate of drug-likeness (QED) is 0.234. The van der Waals surface area contributed by atoms with Crippen molar-refractivity contribution >= 4 is 120 Å². The standard InChI is InChI=1S/5CH5N.5HI/c5*1-2;;;;;/h5*2H2,1H3;5*1H. The molecule has 110 valence electrons. The predicted molar refractivity (Wildman–Crippen MR) is 128 cm³/mol. The maximum absolute atomic E-state index is 4.50. The van der Waals surface area contributed by atoms with Gasteiger partial charge in [0.1, 0.15) is 0 Å². The number of hydrogen-bond acceptors (Lipinski definition) is 5. The molecule has 0 aromatic rings. The van der Waals surface area contributed by atoms with Crippen molar-refractivity contribution in [2.24, 2.45) is 28.7 Å². The van der Waals surface area contributed by atoms with Gasteiger partial charge in [0.25, 0.3) is 0 Å². The van der Waals surface area contributed by atoms with Crippen molar-refractivity contribution in [1.29, 1.82) is 0 Å². The van der Waals surface area contributed by atoms with Crippen LogP contribution in [0.4, 0.5) is 0 Å². The van der Waals surface area contributed by atoms with Crippen LogP contribution in [-0.2, 0) is 0 Å². The molecule has 0 radical (unpaired) electrons. The summed E-state index contributed by atoms with van der Waals surface area (Å²) in [6.07, 6.45) is 0. The molecule has 0 saturated carbocycles. The Morgan fingerprint density at radius 2 is 0.267 bits per heavy atom.